The summed E-state index contributed by atoms with van der Waals surface area (Å²) in [7, 11) is 1.63. The van der Waals surface area contributed by atoms with Gasteiger partial charge in [0.15, 0.2) is 0 Å². The zero-order valence-corrected chi connectivity index (χ0v) is 17.1. The maximum Gasteiger partial charge on any atom is 0.237 e. The molecule has 2 aromatic rings. The van der Waals surface area contributed by atoms with Crippen molar-refractivity contribution in [3.8, 4) is 5.75 Å². The molecule has 3 rings (SSSR count). The van der Waals surface area contributed by atoms with E-state index in [0.717, 1.165) is 44.0 Å². The fourth-order valence-corrected chi connectivity index (χ4v) is 3.73. The molecule has 1 heterocycles. The molecule has 1 aliphatic heterocycles. The Kier molecular flexibility index (Phi) is 8.04. The number of benzene rings is 2. The van der Waals surface area contributed by atoms with Crippen LogP contribution < -0.4 is 10.1 Å². The minimum Gasteiger partial charge on any atom is -0.497 e. The largest absolute Gasteiger partial charge is 0.497 e. The molecule has 2 N–H and O–H groups in total. The first kappa shape index (κ1) is 21.3. The Labute approximate surface area is 173 Å². The summed E-state index contributed by atoms with van der Waals surface area (Å²) in [5, 5.41) is 12.5. The van der Waals surface area contributed by atoms with Crippen molar-refractivity contribution in [2.45, 2.75) is 25.6 Å². The second-order valence-electron chi connectivity index (χ2n) is 7.39. The average Bonchev–Trinajstić information content (AvgIpc) is 2.77. The van der Waals surface area contributed by atoms with E-state index >= 15 is 0 Å². The molecule has 2 aromatic carbocycles. The first-order chi connectivity index (χ1) is 14.2. The van der Waals surface area contributed by atoms with Crippen LogP contribution >= 0.6 is 0 Å². The quantitative estimate of drug-likeness (QED) is 0.676. The maximum absolute atomic E-state index is 12.8. The second kappa shape index (κ2) is 11.0. The highest BCUT2D eigenvalue weighted by Gasteiger charge is 2.28. The van der Waals surface area contributed by atoms with Crippen molar-refractivity contribution in [1.29, 1.82) is 0 Å². The molecule has 0 spiro atoms. The molecule has 0 aromatic heterocycles. The molecule has 6 heteroatoms. The number of amides is 1. The number of ether oxygens (including phenoxy) is 1. The third kappa shape index (κ3) is 6.29. The van der Waals surface area contributed by atoms with Gasteiger partial charge >= 0.3 is 0 Å². The molecule has 0 radical (unpaired) electrons. The lowest BCUT2D eigenvalue weighted by Gasteiger charge is -2.38. The number of aliphatic hydroxyl groups excluding tert-OH is 1. The molecular formula is C23H31N3O3. The number of piperazine rings is 1. The molecular weight excluding hydrogens is 366 g/mol. The van der Waals surface area contributed by atoms with Crippen LogP contribution in [0.4, 0.5) is 0 Å². The summed E-state index contributed by atoms with van der Waals surface area (Å²) in [5.74, 6) is 0.776. The van der Waals surface area contributed by atoms with Crippen molar-refractivity contribution >= 4 is 5.91 Å². The molecule has 1 saturated heterocycles. The van der Waals surface area contributed by atoms with Gasteiger partial charge in [-0.1, -0.05) is 42.5 Å². The van der Waals surface area contributed by atoms with Crippen LogP contribution in [-0.2, 0) is 17.9 Å². The Hall–Kier alpha value is -2.41. The van der Waals surface area contributed by atoms with Crippen molar-refractivity contribution in [3.05, 3.63) is 65.7 Å². The average molecular weight is 398 g/mol. The molecule has 1 amide bonds. The lowest BCUT2D eigenvalue weighted by atomic mass is 10.1. The van der Waals surface area contributed by atoms with Gasteiger partial charge in [-0.25, -0.2) is 0 Å². The molecule has 0 saturated carbocycles. The van der Waals surface area contributed by atoms with Crippen LogP contribution in [-0.4, -0.2) is 66.8 Å². The third-order valence-electron chi connectivity index (χ3n) is 5.43. The molecule has 0 bridgehead atoms. The van der Waals surface area contributed by atoms with Crippen molar-refractivity contribution in [2.75, 3.05) is 39.9 Å². The molecule has 29 heavy (non-hydrogen) atoms. The number of carbonyl (C=O) groups is 1. The number of nitrogens with zero attached hydrogens (tertiary/aromatic N) is 2. The van der Waals surface area contributed by atoms with E-state index in [2.05, 4.69) is 39.4 Å². The second-order valence-corrected chi connectivity index (χ2v) is 7.39. The highest BCUT2D eigenvalue weighted by Crippen LogP contribution is 2.14. The molecule has 1 unspecified atom stereocenters. The SMILES string of the molecule is COc1ccc(CNC(=O)C(CCO)N2CCN(Cc3ccccc3)CC2)cc1. The Morgan fingerprint density at radius 2 is 1.72 bits per heavy atom. The minimum absolute atomic E-state index is 0.00481. The monoisotopic (exact) mass is 397 g/mol. The molecule has 0 aliphatic carbocycles. The van der Waals surface area contributed by atoms with Crippen molar-refractivity contribution in [3.63, 3.8) is 0 Å². The van der Waals surface area contributed by atoms with Gasteiger partial charge in [-0.3, -0.25) is 14.6 Å². The topological polar surface area (TPSA) is 65.0 Å². The van der Waals surface area contributed by atoms with E-state index in [1.807, 2.05) is 30.3 Å². The summed E-state index contributed by atoms with van der Waals surface area (Å²) in [6, 6.07) is 17.8. The summed E-state index contributed by atoms with van der Waals surface area (Å²) in [6.07, 6.45) is 0.452. The van der Waals surface area contributed by atoms with Crippen LogP contribution in [0.1, 0.15) is 17.5 Å². The summed E-state index contributed by atoms with van der Waals surface area (Å²) in [5.41, 5.74) is 2.33. The number of rotatable bonds is 9. The predicted octanol–water partition coefficient (Wildman–Crippen LogP) is 1.88. The van der Waals surface area contributed by atoms with Gasteiger partial charge in [0.25, 0.3) is 0 Å². The minimum atomic E-state index is -0.294. The summed E-state index contributed by atoms with van der Waals surface area (Å²) >= 11 is 0. The Morgan fingerprint density at radius 3 is 2.34 bits per heavy atom. The fraction of sp³-hybridized carbons (Fsp3) is 0.435. The van der Waals surface area contributed by atoms with Gasteiger partial charge in [0.2, 0.25) is 5.91 Å². The van der Waals surface area contributed by atoms with E-state index in [0.29, 0.717) is 13.0 Å². The highest BCUT2D eigenvalue weighted by molar-refractivity contribution is 5.81. The van der Waals surface area contributed by atoms with Crippen LogP contribution in [0.15, 0.2) is 54.6 Å². The smallest absolute Gasteiger partial charge is 0.237 e. The van der Waals surface area contributed by atoms with Gasteiger partial charge in [-0.05, 0) is 29.7 Å². The first-order valence-corrected chi connectivity index (χ1v) is 10.2. The molecule has 1 atom stereocenters. The number of aliphatic hydroxyl groups is 1. The standard InChI is InChI=1S/C23H31N3O3/c1-29-21-9-7-19(8-10-21)17-24-23(28)22(11-16-27)26-14-12-25(13-15-26)18-20-5-3-2-4-6-20/h2-10,22,27H,11-18H2,1H3,(H,24,28). The van der Waals surface area contributed by atoms with Crippen LogP contribution in [0.25, 0.3) is 0 Å². The normalized spacial score (nSPS) is 16.3. The number of carbonyl (C=O) groups excluding carboxylic acids is 1. The van der Waals surface area contributed by atoms with E-state index < -0.39 is 0 Å². The van der Waals surface area contributed by atoms with Crippen LogP contribution in [0.2, 0.25) is 0 Å². The van der Waals surface area contributed by atoms with Crippen LogP contribution in [0.3, 0.4) is 0 Å². The van der Waals surface area contributed by atoms with Crippen molar-refractivity contribution in [2.24, 2.45) is 0 Å². The lowest BCUT2D eigenvalue weighted by molar-refractivity contribution is -0.128. The highest BCUT2D eigenvalue weighted by atomic mass is 16.5. The van der Waals surface area contributed by atoms with Crippen molar-refractivity contribution in [1.82, 2.24) is 15.1 Å². The summed E-state index contributed by atoms with van der Waals surface area (Å²) in [6.45, 7) is 4.90. The molecule has 1 fully saturated rings. The number of hydrogen-bond acceptors (Lipinski definition) is 5. The van der Waals surface area contributed by atoms with Gasteiger partial charge in [-0.2, -0.15) is 0 Å². The fourth-order valence-electron chi connectivity index (χ4n) is 3.73. The van der Waals surface area contributed by atoms with E-state index in [9.17, 15) is 9.90 Å². The Morgan fingerprint density at radius 1 is 1.03 bits per heavy atom. The third-order valence-corrected chi connectivity index (χ3v) is 5.43. The number of hydrogen-bond donors (Lipinski definition) is 2. The van der Waals surface area contributed by atoms with Crippen LogP contribution in [0, 0.1) is 0 Å². The van der Waals surface area contributed by atoms with Crippen molar-refractivity contribution < 1.29 is 14.6 Å². The van der Waals surface area contributed by atoms with E-state index in [-0.39, 0.29) is 18.6 Å². The Balaban J connectivity index is 1.50. The first-order valence-electron chi connectivity index (χ1n) is 10.2. The summed E-state index contributed by atoms with van der Waals surface area (Å²) < 4.78 is 5.16. The number of methoxy groups -OCH3 is 1. The van der Waals surface area contributed by atoms with Gasteiger partial charge in [0.05, 0.1) is 13.2 Å². The summed E-state index contributed by atoms with van der Waals surface area (Å²) in [4.78, 5) is 17.4. The van der Waals surface area contributed by atoms with Crippen LogP contribution in [0.5, 0.6) is 5.75 Å². The molecule has 6 nitrogen and oxygen atoms in total. The Bertz CT molecular complexity index is 744. The van der Waals surface area contributed by atoms with Gasteiger partial charge < -0.3 is 15.2 Å². The van der Waals surface area contributed by atoms with E-state index in [1.54, 1.807) is 7.11 Å². The molecule has 1 aliphatic rings. The lowest BCUT2D eigenvalue weighted by Crippen LogP contribution is -2.54. The molecule has 156 valence electrons. The van der Waals surface area contributed by atoms with E-state index in [1.165, 1.54) is 5.56 Å². The maximum atomic E-state index is 12.8. The van der Waals surface area contributed by atoms with Gasteiger partial charge in [0, 0.05) is 45.9 Å². The predicted molar refractivity (Wildman–Crippen MR) is 114 cm³/mol. The van der Waals surface area contributed by atoms with Gasteiger partial charge in [-0.15, -0.1) is 0 Å². The van der Waals surface area contributed by atoms with E-state index in [4.69, 9.17) is 4.74 Å². The van der Waals surface area contributed by atoms with Gasteiger partial charge in [0.1, 0.15) is 5.75 Å². The zero-order valence-electron chi connectivity index (χ0n) is 17.1. The zero-order chi connectivity index (χ0) is 20.5. The number of nitrogens with one attached hydrogen (secondary N) is 1.